The Morgan fingerprint density at radius 1 is 1.47 bits per heavy atom. The molecule has 0 aliphatic carbocycles. The molecular formula is C16H28N2S. The van der Waals surface area contributed by atoms with Gasteiger partial charge in [0.15, 0.2) is 0 Å². The fourth-order valence-electron chi connectivity index (χ4n) is 3.25. The lowest BCUT2D eigenvalue weighted by molar-refractivity contribution is 0.0669. The number of hydrogen-bond donors (Lipinski definition) is 1. The lowest BCUT2D eigenvalue weighted by Gasteiger charge is -2.44. The fourth-order valence-corrected chi connectivity index (χ4v) is 4.38. The van der Waals surface area contributed by atoms with Crippen LogP contribution >= 0.6 is 11.3 Å². The van der Waals surface area contributed by atoms with E-state index in [0.717, 1.165) is 6.42 Å². The first-order valence-corrected chi connectivity index (χ1v) is 8.36. The highest BCUT2D eigenvalue weighted by atomic mass is 32.1. The standard InChI is InChI=1S/C16H28N2S/c1-5-13(17)14(15-12(2)7-10-19-15)18-9-6-8-16(3,4)11-18/h7,10,13-14H,5-6,8-9,11,17H2,1-4H3. The summed E-state index contributed by atoms with van der Waals surface area (Å²) in [7, 11) is 0. The summed E-state index contributed by atoms with van der Waals surface area (Å²) in [5, 5.41) is 2.20. The zero-order valence-corrected chi connectivity index (χ0v) is 13.6. The van der Waals surface area contributed by atoms with Crippen LogP contribution in [0, 0.1) is 12.3 Å². The van der Waals surface area contributed by atoms with Gasteiger partial charge in [-0.05, 0) is 55.2 Å². The van der Waals surface area contributed by atoms with Crippen LogP contribution in [0.5, 0.6) is 0 Å². The summed E-state index contributed by atoms with van der Waals surface area (Å²) >= 11 is 1.87. The lowest BCUT2D eigenvalue weighted by Crippen LogP contribution is -2.47. The van der Waals surface area contributed by atoms with Gasteiger partial charge in [-0.1, -0.05) is 20.8 Å². The maximum absolute atomic E-state index is 6.46. The van der Waals surface area contributed by atoms with Crippen molar-refractivity contribution in [1.82, 2.24) is 4.90 Å². The van der Waals surface area contributed by atoms with E-state index < -0.39 is 0 Å². The van der Waals surface area contributed by atoms with Crippen molar-refractivity contribution in [3.05, 3.63) is 21.9 Å². The molecule has 1 aliphatic heterocycles. The molecule has 2 heterocycles. The first kappa shape index (κ1) is 15.0. The molecular weight excluding hydrogens is 252 g/mol. The normalized spacial score (nSPS) is 23.2. The van der Waals surface area contributed by atoms with E-state index in [1.54, 1.807) is 0 Å². The summed E-state index contributed by atoms with van der Waals surface area (Å²) in [6.07, 6.45) is 3.67. The highest BCUT2D eigenvalue weighted by Gasteiger charge is 2.34. The Balaban J connectivity index is 2.26. The van der Waals surface area contributed by atoms with Gasteiger partial charge in [0.2, 0.25) is 0 Å². The van der Waals surface area contributed by atoms with E-state index in [0.29, 0.717) is 11.5 Å². The number of nitrogens with zero attached hydrogens (tertiary/aromatic N) is 1. The Hall–Kier alpha value is -0.380. The predicted octanol–water partition coefficient (Wildman–Crippen LogP) is 3.96. The van der Waals surface area contributed by atoms with Crippen LogP contribution in [0.25, 0.3) is 0 Å². The van der Waals surface area contributed by atoms with Gasteiger partial charge in [-0.25, -0.2) is 0 Å². The summed E-state index contributed by atoms with van der Waals surface area (Å²) in [6, 6.07) is 2.88. The first-order valence-electron chi connectivity index (χ1n) is 7.48. The number of likely N-dealkylation sites (tertiary alicyclic amines) is 1. The Labute approximate surface area is 122 Å². The van der Waals surface area contributed by atoms with Crippen molar-refractivity contribution in [2.75, 3.05) is 13.1 Å². The quantitative estimate of drug-likeness (QED) is 0.904. The van der Waals surface area contributed by atoms with Crippen molar-refractivity contribution in [2.45, 2.75) is 59.0 Å². The predicted molar refractivity (Wildman–Crippen MR) is 84.7 cm³/mol. The van der Waals surface area contributed by atoms with Crippen molar-refractivity contribution in [1.29, 1.82) is 0 Å². The average molecular weight is 280 g/mol. The molecule has 2 atom stereocenters. The van der Waals surface area contributed by atoms with Gasteiger partial charge in [-0.2, -0.15) is 0 Å². The molecule has 2 nitrogen and oxygen atoms in total. The van der Waals surface area contributed by atoms with Gasteiger partial charge in [0.05, 0.1) is 6.04 Å². The van der Waals surface area contributed by atoms with Crippen molar-refractivity contribution in [3.63, 3.8) is 0 Å². The summed E-state index contributed by atoms with van der Waals surface area (Å²) in [5.41, 5.74) is 8.29. The van der Waals surface area contributed by atoms with Crippen LogP contribution in [0.2, 0.25) is 0 Å². The van der Waals surface area contributed by atoms with Crippen molar-refractivity contribution < 1.29 is 0 Å². The number of rotatable bonds is 4. The summed E-state index contributed by atoms with van der Waals surface area (Å²) in [5.74, 6) is 0. The molecule has 1 aromatic heterocycles. The third-order valence-corrected chi connectivity index (χ3v) is 5.46. The Morgan fingerprint density at radius 2 is 2.21 bits per heavy atom. The highest BCUT2D eigenvalue weighted by Crippen LogP contribution is 2.37. The molecule has 1 saturated heterocycles. The van der Waals surface area contributed by atoms with Crippen LogP contribution in [0.4, 0.5) is 0 Å². The molecule has 0 radical (unpaired) electrons. The van der Waals surface area contributed by atoms with Crippen LogP contribution in [0.15, 0.2) is 11.4 Å². The van der Waals surface area contributed by atoms with E-state index in [2.05, 4.69) is 44.0 Å². The van der Waals surface area contributed by atoms with E-state index >= 15 is 0 Å². The molecule has 2 N–H and O–H groups in total. The molecule has 0 aromatic carbocycles. The molecule has 1 aromatic rings. The van der Waals surface area contributed by atoms with Gasteiger partial charge in [-0.15, -0.1) is 11.3 Å². The third kappa shape index (κ3) is 3.39. The number of piperidine rings is 1. The van der Waals surface area contributed by atoms with E-state index in [1.165, 1.54) is 36.4 Å². The van der Waals surface area contributed by atoms with Gasteiger partial charge in [0.1, 0.15) is 0 Å². The van der Waals surface area contributed by atoms with Crippen LogP contribution in [0.1, 0.15) is 56.5 Å². The van der Waals surface area contributed by atoms with Crippen LogP contribution in [0.3, 0.4) is 0 Å². The van der Waals surface area contributed by atoms with Crippen molar-refractivity contribution >= 4 is 11.3 Å². The molecule has 19 heavy (non-hydrogen) atoms. The monoisotopic (exact) mass is 280 g/mol. The second kappa shape index (κ2) is 5.94. The highest BCUT2D eigenvalue weighted by molar-refractivity contribution is 7.10. The minimum atomic E-state index is 0.242. The molecule has 1 fully saturated rings. The van der Waals surface area contributed by atoms with Gasteiger partial charge >= 0.3 is 0 Å². The second-order valence-corrected chi connectivity index (χ2v) is 7.67. The third-order valence-electron chi connectivity index (χ3n) is 4.37. The number of nitrogens with two attached hydrogens (primary N) is 1. The summed E-state index contributed by atoms with van der Waals surface area (Å²) < 4.78 is 0. The zero-order chi connectivity index (χ0) is 14.0. The van der Waals surface area contributed by atoms with Crippen molar-refractivity contribution in [3.8, 4) is 0 Å². The fraction of sp³-hybridized carbons (Fsp3) is 0.750. The smallest absolute Gasteiger partial charge is 0.0596 e. The van der Waals surface area contributed by atoms with Gasteiger partial charge in [-0.3, -0.25) is 4.90 Å². The SMILES string of the molecule is CCC(N)C(c1sccc1C)N1CCCC(C)(C)C1. The minimum absolute atomic E-state index is 0.242. The van der Waals surface area contributed by atoms with Crippen LogP contribution < -0.4 is 5.73 Å². The van der Waals surface area contributed by atoms with E-state index in [1.807, 2.05) is 11.3 Å². The Kier molecular flexibility index (Phi) is 4.70. The molecule has 0 saturated carbocycles. The molecule has 0 amide bonds. The largest absolute Gasteiger partial charge is 0.326 e. The van der Waals surface area contributed by atoms with Gasteiger partial charge in [0.25, 0.3) is 0 Å². The lowest BCUT2D eigenvalue weighted by atomic mass is 9.82. The zero-order valence-electron chi connectivity index (χ0n) is 12.8. The van der Waals surface area contributed by atoms with Crippen LogP contribution in [-0.4, -0.2) is 24.0 Å². The first-order chi connectivity index (χ1) is 8.94. The second-order valence-electron chi connectivity index (χ2n) is 6.72. The maximum Gasteiger partial charge on any atom is 0.0596 e. The Morgan fingerprint density at radius 3 is 2.74 bits per heavy atom. The molecule has 2 rings (SSSR count). The minimum Gasteiger partial charge on any atom is -0.326 e. The summed E-state index contributed by atoms with van der Waals surface area (Å²) in [4.78, 5) is 4.11. The molecule has 0 bridgehead atoms. The maximum atomic E-state index is 6.46. The number of thiophene rings is 1. The van der Waals surface area contributed by atoms with E-state index in [9.17, 15) is 0 Å². The Bertz CT molecular complexity index is 411. The molecule has 1 aliphatic rings. The van der Waals surface area contributed by atoms with Gasteiger partial charge in [0, 0.05) is 17.5 Å². The van der Waals surface area contributed by atoms with E-state index in [4.69, 9.17) is 5.73 Å². The molecule has 2 unspecified atom stereocenters. The van der Waals surface area contributed by atoms with Crippen molar-refractivity contribution in [2.24, 2.45) is 11.1 Å². The van der Waals surface area contributed by atoms with E-state index in [-0.39, 0.29) is 6.04 Å². The van der Waals surface area contributed by atoms with Gasteiger partial charge < -0.3 is 5.73 Å². The number of aryl methyl sites for hydroxylation is 1. The topological polar surface area (TPSA) is 29.3 Å². The number of hydrogen-bond acceptors (Lipinski definition) is 3. The molecule has 108 valence electrons. The molecule has 0 spiro atoms. The summed E-state index contributed by atoms with van der Waals surface area (Å²) in [6.45, 7) is 11.6. The average Bonchev–Trinajstić information content (AvgIpc) is 2.75. The van der Waals surface area contributed by atoms with Crippen LogP contribution in [-0.2, 0) is 0 Å². The molecule has 3 heteroatoms.